The first-order valence-electron chi connectivity index (χ1n) is 5.39. The number of hydrogen-bond acceptors (Lipinski definition) is 4. The summed E-state index contributed by atoms with van der Waals surface area (Å²) in [6.45, 7) is 0. The van der Waals surface area contributed by atoms with Crippen LogP contribution in [-0.4, -0.2) is 30.0 Å². The molecule has 0 aliphatic rings. The van der Waals surface area contributed by atoms with Gasteiger partial charge in [-0.25, -0.2) is 4.68 Å². The molecule has 0 aliphatic carbocycles. The van der Waals surface area contributed by atoms with Crippen molar-refractivity contribution in [2.45, 2.75) is 0 Å². The fourth-order valence-corrected chi connectivity index (χ4v) is 2.18. The highest BCUT2D eigenvalue weighted by Gasteiger charge is 2.15. The van der Waals surface area contributed by atoms with E-state index >= 15 is 0 Å². The zero-order valence-corrected chi connectivity index (χ0v) is 12.2. The van der Waals surface area contributed by atoms with Gasteiger partial charge in [0.2, 0.25) is 5.82 Å². The summed E-state index contributed by atoms with van der Waals surface area (Å²) in [6.07, 6.45) is 1.63. The Kier molecular flexibility index (Phi) is 3.08. The van der Waals surface area contributed by atoms with Gasteiger partial charge in [-0.15, -0.1) is 10.2 Å². The molecule has 0 atom stereocenters. The first-order valence-corrected chi connectivity index (χ1v) is 6.56. The summed E-state index contributed by atoms with van der Waals surface area (Å²) < 4.78 is 2.62. The molecule has 0 N–H and O–H groups in total. The van der Waals surface area contributed by atoms with E-state index in [9.17, 15) is 0 Å². The molecule has 8 heteroatoms. The molecule has 0 spiro atoms. The summed E-state index contributed by atoms with van der Waals surface area (Å²) in [7, 11) is 1.70. The van der Waals surface area contributed by atoms with Crippen LogP contribution in [-0.2, 0) is 7.05 Å². The van der Waals surface area contributed by atoms with Crippen molar-refractivity contribution >= 4 is 27.5 Å². The molecule has 0 bridgehead atoms. The smallest absolute Gasteiger partial charge is 0.209 e. The summed E-state index contributed by atoms with van der Waals surface area (Å²) in [4.78, 5) is 1.38. The zero-order valence-electron chi connectivity index (χ0n) is 9.83. The van der Waals surface area contributed by atoms with E-state index in [1.54, 1.807) is 17.9 Å². The molecule has 3 rings (SSSR count). The van der Waals surface area contributed by atoms with E-state index in [-0.39, 0.29) is 0 Å². The number of halogens is 2. The van der Waals surface area contributed by atoms with Crippen molar-refractivity contribution in [3.05, 3.63) is 40.1 Å². The molecule has 0 radical (unpaired) electrons. The number of nitrogens with zero attached hydrogens (tertiary/aromatic N) is 6. The molecule has 0 amide bonds. The minimum absolute atomic E-state index is 0.454. The van der Waals surface area contributed by atoms with Crippen LogP contribution >= 0.6 is 27.5 Å². The highest BCUT2D eigenvalue weighted by Crippen LogP contribution is 2.27. The molecule has 0 unspecified atom stereocenters. The van der Waals surface area contributed by atoms with Crippen LogP contribution in [0.4, 0.5) is 0 Å². The zero-order chi connectivity index (χ0) is 13.4. The second-order valence-corrected chi connectivity index (χ2v) is 5.11. The lowest BCUT2D eigenvalue weighted by molar-refractivity contribution is 0.630. The third kappa shape index (κ3) is 2.26. The van der Waals surface area contributed by atoms with Gasteiger partial charge in [0.05, 0.1) is 24.5 Å². The number of tetrazole rings is 1. The van der Waals surface area contributed by atoms with Gasteiger partial charge in [0.15, 0.2) is 0 Å². The van der Waals surface area contributed by atoms with Gasteiger partial charge in [0.1, 0.15) is 5.15 Å². The van der Waals surface area contributed by atoms with Crippen LogP contribution in [0.5, 0.6) is 0 Å². The number of hydrogen-bond donors (Lipinski definition) is 0. The topological polar surface area (TPSA) is 61.4 Å². The number of rotatable bonds is 2. The molecule has 0 saturated heterocycles. The van der Waals surface area contributed by atoms with E-state index in [0.717, 1.165) is 10.2 Å². The molecular weight excluding hydrogens is 332 g/mol. The van der Waals surface area contributed by atoms with Crippen LogP contribution in [0.15, 0.2) is 34.9 Å². The van der Waals surface area contributed by atoms with Crippen LogP contribution in [0.25, 0.3) is 17.1 Å². The maximum atomic E-state index is 6.31. The predicted molar refractivity (Wildman–Crippen MR) is 74.1 cm³/mol. The van der Waals surface area contributed by atoms with E-state index in [2.05, 4.69) is 36.4 Å². The Morgan fingerprint density at radius 1 is 1.21 bits per heavy atom. The minimum atomic E-state index is 0.454. The third-order valence-electron chi connectivity index (χ3n) is 2.53. The fourth-order valence-electron chi connectivity index (χ4n) is 1.64. The summed E-state index contributed by atoms with van der Waals surface area (Å²) >= 11 is 9.70. The summed E-state index contributed by atoms with van der Waals surface area (Å²) in [5, 5.41) is 16.5. The average molecular weight is 340 g/mol. The van der Waals surface area contributed by atoms with Crippen molar-refractivity contribution < 1.29 is 0 Å². The lowest BCUT2D eigenvalue weighted by Crippen LogP contribution is -1.95. The van der Waals surface area contributed by atoms with Gasteiger partial charge in [-0.05, 0) is 29.5 Å². The quantitative estimate of drug-likeness (QED) is 0.719. The van der Waals surface area contributed by atoms with Crippen molar-refractivity contribution in [2.75, 3.05) is 0 Å². The second kappa shape index (κ2) is 4.75. The number of aromatic nitrogens is 6. The van der Waals surface area contributed by atoms with Gasteiger partial charge in [-0.2, -0.15) is 9.90 Å². The van der Waals surface area contributed by atoms with Crippen molar-refractivity contribution in [3.63, 3.8) is 0 Å². The highest BCUT2D eigenvalue weighted by molar-refractivity contribution is 9.10. The third-order valence-corrected chi connectivity index (χ3v) is 3.42. The van der Waals surface area contributed by atoms with Crippen molar-refractivity contribution in [1.82, 2.24) is 30.0 Å². The normalized spacial score (nSPS) is 10.9. The van der Waals surface area contributed by atoms with Crippen LogP contribution in [0.1, 0.15) is 0 Å². The van der Waals surface area contributed by atoms with E-state index in [0.29, 0.717) is 16.5 Å². The molecule has 96 valence electrons. The number of benzene rings is 1. The van der Waals surface area contributed by atoms with Gasteiger partial charge in [0, 0.05) is 4.47 Å². The Bertz CT molecular complexity index is 717. The maximum absolute atomic E-state index is 6.31. The van der Waals surface area contributed by atoms with Crippen LogP contribution in [0.3, 0.4) is 0 Å². The first kappa shape index (κ1) is 12.3. The van der Waals surface area contributed by atoms with E-state index in [1.165, 1.54) is 4.80 Å². The summed E-state index contributed by atoms with van der Waals surface area (Å²) in [6, 6.07) is 7.68. The molecule has 0 fully saturated rings. The molecule has 0 saturated carbocycles. The predicted octanol–water partition coefficient (Wildman–Crippen LogP) is 2.48. The average Bonchev–Trinajstić information content (AvgIpc) is 2.97. The van der Waals surface area contributed by atoms with Crippen molar-refractivity contribution in [3.8, 4) is 17.1 Å². The van der Waals surface area contributed by atoms with Gasteiger partial charge >= 0.3 is 0 Å². The Labute approximate surface area is 122 Å². The van der Waals surface area contributed by atoms with Gasteiger partial charge in [-0.3, -0.25) is 0 Å². The lowest BCUT2D eigenvalue weighted by Gasteiger charge is -2.03. The van der Waals surface area contributed by atoms with Crippen LogP contribution in [0, 0.1) is 0 Å². The van der Waals surface area contributed by atoms with Gasteiger partial charge in [0.25, 0.3) is 0 Å². The number of aryl methyl sites for hydroxylation is 1. The Hall–Kier alpha value is -1.73. The fraction of sp³-hybridized carbons (Fsp3) is 0.0909. The SMILES string of the molecule is Cn1nnc(-c2cnn(-c3ccc(Br)cc3)c2Cl)n1. The standard InChI is InChI=1S/C11H8BrClN6/c1-18-16-11(15-17-18)9-6-14-19(10(9)13)8-4-2-7(12)3-5-8/h2-6H,1H3. The Balaban J connectivity index is 2.06. The first-order chi connectivity index (χ1) is 9.15. The van der Waals surface area contributed by atoms with Crippen molar-refractivity contribution in [2.24, 2.45) is 7.05 Å². The van der Waals surface area contributed by atoms with E-state index in [4.69, 9.17) is 11.6 Å². The van der Waals surface area contributed by atoms with Gasteiger partial charge in [-0.1, -0.05) is 27.5 Å². The molecule has 0 aliphatic heterocycles. The lowest BCUT2D eigenvalue weighted by atomic mass is 10.3. The van der Waals surface area contributed by atoms with E-state index < -0.39 is 0 Å². The molecule has 3 aromatic rings. The summed E-state index contributed by atoms with van der Waals surface area (Å²) in [5.74, 6) is 0.455. The molecule has 2 heterocycles. The van der Waals surface area contributed by atoms with Crippen LogP contribution < -0.4 is 0 Å². The molecule has 6 nitrogen and oxygen atoms in total. The van der Waals surface area contributed by atoms with Crippen molar-refractivity contribution in [1.29, 1.82) is 0 Å². The monoisotopic (exact) mass is 338 g/mol. The molecule has 19 heavy (non-hydrogen) atoms. The highest BCUT2D eigenvalue weighted by atomic mass is 79.9. The minimum Gasteiger partial charge on any atom is -0.221 e. The Morgan fingerprint density at radius 3 is 2.58 bits per heavy atom. The molecule has 2 aromatic heterocycles. The molecule has 1 aromatic carbocycles. The van der Waals surface area contributed by atoms with E-state index in [1.807, 2.05) is 24.3 Å². The second-order valence-electron chi connectivity index (χ2n) is 3.84. The van der Waals surface area contributed by atoms with Gasteiger partial charge < -0.3 is 0 Å². The largest absolute Gasteiger partial charge is 0.221 e. The molecular formula is C11H8BrClN6. The maximum Gasteiger partial charge on any atom is 0.209 e. The summed E-state index contributed by atoms with van der Waals surface area (Å²) in [5.41, 5.74) is 1.51. The van der Waals surface area contributed by atoms with Crippen LogP contribution in [0.2, 0.25) is 5.15 Å². The Morgan fingerprint density at radius 2 is 1.95 bits per heavy atom.